The smallest absolute Gasteiger partial charge is 0.308 e. The molecule has 1 aromatic carbocycles. The van der Waals surface area contributed by atoms with Crippen molar-refractivity contribution in [1.29, 1.82) is 0 Å². The third-order valence-corrected chi connectivity index (χ3v) is 4.99. The summed E-state index contributed by atoms with van der Waals surface area (Å²) in [5.41, 5.74) is 0.394. The molecule has 1 aromatic rings. The Balaban J connectivity index is 1.65. The summed E-state index contributed by atoms with van der Waals surface area (Å²) in [5.74, 6) is -2.49. The standard InChI is InChI=1S/C16H17ClFNO3/c17-11-4-2-5-12(18)14(11)9-7-10(9)15(20)19-13-6-1-3-8(13)16(21)22/h2,4-5,8-10,13H,1,3,6-7H2,(H,19,20)(H,21,22)/t8-,9?,10?,13+/m1/s1. The second kappa shape index (κ2) is 5.88. The van der Waals surface area contributed by atoms with Crippen LogP contribution in [0.4, 0.5) is 4.39 Å². The van der Waals surface area contributed by atoms with E-state index in [1.165, 1.54) is 12.1 Å². The number of hydrogen-bond acceptors (Lipinski definition) is 2. The molecule has 2 aliphatic carbocycles. The molecule has 0 aromatic heterocycles. The number of rotatable bonds is 4. The summed E-state index contributed by atoms with van der Waals surface area (Å²) in [6.07, 6.45) is 2.63. The summed E-state index contributed by atoms with van der Waals surface area (Å²) in [7, 11) is 0. The van der Waals surface area contributed by atoms with Gasteiger partial charge in [0.05, 0.1) is 5.92 Å². The van der Waals surface area contributed by atoms with Gasteiger partial charge in [-0.1, -0.05) is 24.1 Å². The Labute approximate surface area is 132 Å². The van der Waals surface area contributed by atoms with Crippen molar-refractivity contribution in [3.8, 4) is 0 Å². The van der Waals surface area contributed by atoms with Gasteiger partial charge in [0.25, 0.3) is 0 Å². The van der Waals surface area contributed by atoms with E-state index in [-0.39, 0.29) is 23.8 Å². The van der Waals surface area contributed by atoms with Crippen LogP contribution in [-0.4, -0.2) is 23.0 Å². The molecule has 2 unspecified atom stereocenters. The predicted molar refractivity (Wildman–Crippen MR) is 79.2 cm³/mol. The summed E-state index contributed by atoms with van der Waals surface area (Å²) >= 11 is 6.02. The molecule has 3 rings (SSSR count). The number of carboxylic acid groups (broad SMARTS) is 1. The molecule has 2 aliphatic rings. The molecular weight excluding hydrogens is 309 g/mol. The number of hydrogen-bond donors (Lipinski definition) is 2. The van der Waals surface area contributed by atoms with Crippen molar-refractivity contribution < 1.29 is 19.1 Å². The van der Waals surface area contributed by atoms with Gasteiger partial charge in [-0.3, -0.25) is 9.59 Å². The minimum absolute atomic E-state index is 0.192. The quantitative estimate of drug-likeness (QED) is 0.894. The first kappa shape index (κ1) is 15.3. The van der Waals surface area contributed by atoms with Gasteiger partial charge in [-0.25, -0.2) is 4.39 Å². The van der Waals surface area contributed by atoms with Gasteiger partial charge in [0.1, 0.15) is 5.82 Å². The summed E-state index contributed by atoms with van der Waals surface area (Å²) in [4.78, 5) is 23.4. The molecule has 6 heteroatoms. The number of halogens is 2. The van der Waals surface area contributed by atoms with E-state index in [0.717, 1.165) is 6.42 Å². The normalized spacial score (nSPS) is 30.1. The molecule has 4 nitrogen and oxygen atoms in total. The molecule has 0 heterocycles. The fourth-order valence-electron chi connectivity index (χ4n) is 3.39. The molecule has 2 saturated carbocycles. The van der Waals surface area contributed by atoms with Gasteiger partial charge in [-0.05, 0) is 31.4 Å². The summed E-state index contributed by atoms with van der Waals surface area (Å²) in [6, 6.07) is 4.17. The fraction of sp³-hybridized carbons (Fsp3) is 0.500. The highest BCUT2D eigenvalue weighted by Crippen LogP contribution is 2.50. The Kier molecular flexibility index (Phi) is 4.08. The van der Waals surface area contributed by atoms with E-state index in [4.69, 9.17) is 16.7 Å². The Hall–Kier alpha value is -1.62. The fourth-order valence-corrected chi connectivity index (χ4v) is 3.69. The van der Waals surface area contributed by atoms with Gasteiger partial charge in [0.15, 0.2) is 0 Å². The zero-order chi connectivity index (χ0) is 15.9. The Morgan fingerprint density at radius 3 is 2.73 bits per heavy atom. The van der Waals surface area contributed by atoms with Crippen LogP contribution >= 0.6 is 11.6 Å². The molecule has 4 atom stereocenters. The monoisotopic (exact) mass is 325 g/mol. The van der Waals surface area contributed by atoms with Crippen molar-refractivity contribution in [3.63, 3.8) is 0 Å². The lowest BCUT2D eigenvalue weighted by molar-refractivity contribution is -0.142. The number of benzene rings is 1. The lowest BCUT2D eigenvalue weighted by Gasteiger charge is -2.17. The first-order chi connectivity index (χ1) is 10.5. The first-order valence-corrected chi connectivity index (χ1v) is 7.84. The second-order valence-electron chi connectivity index (χ2n) is 6.07. The highest BCUT2D eigenvalue weighted by molar-refractivity contribution is 6.31. The molecule has 118 valence electrons. The van der Waals surface area contributed by atoms with Crippen molar-refractivity contribution in [1.82, 2.24) is 5.32 Å². The summed E-state index contributed by atoms with van der Waals surface area (Å²) in [6.45, 7) is 0. The molecule has 1 amide bonds. The van der Waals surface area contributed by atoms with Crippen LogP contribution in [0.25, 0.3) is 0 Å². The summed E-state index contributed by atoms with van der Waals surface area (Å²) < 4.78 is 13.9. The van der Waals surface area contributed by atoms with Crippen molar-refractivity contribution in [3.05, 3.63) is 34.6 Å². The van der Waals surface area contributed by atoms with E-state index in [1.54, 1.807) is 6.07 Å². The summed E-state index contributed by atoms with van der Waals surface area (Å²) in [5, 5.41) is 12.3. The maximum Gasteiger partial charge on any atom is 0.308 e. The molecule has 0 radical (unpaired) electrons. The van der Waals surface area contributed by atoms with Gasteiger partial charge in [-0.15, -0.1) is 0 Å². The number of carbonyl (C=O) groups excluding carboxylic acids is 1. The molecule has 2 fully saturated rings. The first-order valence-electron chi connectivity index (χ1n) is 7.46. The molecule has 0 aliphatic heterocycles. The third-order valence-electron chi connectivity index (χ3n) is 4.66. The van der Waals surface area contributed by atoms with Crippen LogP contribution in [0.3, 0.4) is 0 Å². The SMILES string of the molecule is O=C(N[C@H]1CCC[C@H]1C(=O)O)C1CC1c1c(F)cccc1Cl. The van der Waals surface area contributed by atoms with Gasteiger partial charge < -0.3 is 10.4 Å². The molecule has 0 saturated heterocycles. The van der Waals surface area contributed by atoms with Crippen LogP contribution < -0.4 is 5.32 Å². The number of aliphatic carboxylic acids is 1. The van der Waals surface area contributed by atoms with Crippen molar-refractivity contribution in [2.45, 2.75) is 37.6 Å². The zero-order valence-corrected chi connectivity index (χ0v) is 12.6. The molecule has 22 heavy (non-hydrogen) atoms. The van der Waals surface area contributed by atoms with E-state index >= 15 is 0 Å². The van der Waals surface area contributed by atoms with Gasteiger partial charge in [0, 0.05) is 28.5 Å². The van der Waals surface area contributed by atoms with E-state index in [1.807, 2.05) is 0 Å². The van der Waals surface area contributed by atoms with E-state index in [2.05, 4.69) is 5.32 Å². The number of carboxylic acids is 1. The number of carbonyl (C=O) groups is 2. The lowest BCUT2D eigenvalue weighted by atomic mass is 10.0. The minimum Gasteiger partial charge on any atom is -0.481 e. The van der Waals surface area contributed by atoms with Gasteiger partial charge in [-0.2, -0.15) is 0 Å². The van der Waals surface area contributed by atoms with Crippen LogP contribution in [0.2, 0.25) is 5.02 Å². The van der Waals surface area contributed by atoms with Crippen molar-refractivity contribution in [2.75, 3.05) is 0 Å². The van der Waals surface area contributed by atoms with E-state index < -0.39 is 17.7 Å². The van der Waals surface area contributed by atoms with Crippen molar-refractivity contribution >= 4 is 23.5 Å². The molecular formula is C16H17ClFNO3. The van der Waals surface area contributed by atoms with Gasteiger partial charge in [0.2, 0.25) is 5.91 Å². The average Bonchev–Trinajstić information content (AvgIpc) is 3.09. The van der Waals surface area contributed by atoms with Crippen molar-refractivity contribution in [2.24, 2.45) is 11.8 Å². The topological polar surface area (TPSA) is 66.4 Å². The Morgan fingerprint density at radius 2 is 2.05 bits per heavy atom. The minimum atomic E-state index is -0.868. The van der Waals surface area contributed by atoms with Crippen LogP contribution in [0.1, 0.15) is 37.2 Å². The van der Waals surface area contributed by atoms with Crippen LogP contribution in [0.15, 0.2) is 18.2 Å². The largest absolute Gasteiger partial charge is 0.481 e. The highest BCUT2D eigenvalue weighted by Gasteiger charge is 2.47. The molecule has 0 spiro atoms. The molecule has 2 N–H and O–H groups in total. The van der Waals surface area contributed by atoms with E-state index in [9.17, 15) is 14.0 Å². The Morgan fingerprint density at radius 1 is 1.27 bits per heavy atom. The van der Waals surface area contributed by atoms with Gasteiger partial charge >= 0.3 is 5.97 Å². The average molecular weight is 326 g/mol. The number of nitrogens with one attached hydrogen (secondary N) is 1. The van der Waals surface area contributed by atoms with Crippen LogP contribution in [0, 0.1) is 17.7 Å². The van der Waals surface area contributed by atoms with E-state index in [0.29, 0.717) is 29.8 Å². The predicted octanol–water partition coefficient (Wildman–Crippen LogP) is 2.95. The maximum atomic E-state index is 13.9. The highest BCUT2D eigenvalue weighted by atomic mass is 35.5. The van der Waals surface area contributed by atoms with Crippen LogP contribution in [0.5, 0.6) is 0 Å². The zero-order valence-electron chi connectivity index (χ0n) is 11.9. The third kappa shape index (κ3) is 2.82. The van der Waals surface area contributed by atoms with Crippen LogP contribution in [-0.2, 0) is 9.59 Å². The Bertz CT molecular complexity index is 601. The second-order valence-corrected chi connectivity index (χ2v) is 6.48. The number of amides is 1. The maximum absolute atomic E-state index is 13.9. The molecule has 0 bridgehead atoms. The lowest BCUT2D eigenvalue weighted by Crippen LogP contribution is -2.41.